The summed E-state index contributed by atoms with van der Waals surface area (Å²) in [6.07, 6.45) is 1.64. The van der Waals surface area contributed by atoms with Crippen molar-refractivity contribution in [3.8, 4) is 28.8 Å². The predicted molar refractivity (Wildman–Crippen MR) is 112 cm³/mol. The first-order chi connectivity index (χ1) is 14.6. The smallest absolute Gasteiger partial charge is 0.251 e. The normalized spacial score (nSPS) is 10.6. The Morgan fingerprint density at radius 2 is 1.80 bits per heavy atom. The van der Waals surface area contributed by atoms with Gasteiger partial charge in [0.15, 0.2) is 0 Å². The van der Waals surface area contributed by atoms with Gasteiger partial charge in [-0.05, 0) is 54.4 Å². The molecular weight excluding hydrogens is 380 g/mol. The summed E-state index contributed by atoms with van der Waals surface area (Å²) in [5.74, 6) is 1.21. The van der Waals surface area contributed by atoms with Crippen molar-refractivity contribution in [1.82, 2.24) is 20.5 Å². The highest BCUT2D eigenvalue weighted by molar-refractivity contribution is 5.94. The fraction of sp³-hybridized carbons (Fsp3) is 0.130. The van der Waals surface area contributed by atoms with Gasteiger partial charge in [-0.15, -0.1) is 10.2 Å². The molecule has 2 aromatic heterocycles. The zero-order chi connectivity index (χ0) is 20.9. The molecule has 1 amide bonds. The number of nitrogens with zero attached hydrogens (tertiary/aromatic N) is 3. The maximum absolute atomic E-state index is 12.4. The second-order valence-electron chi connectivity index (χ2n) is 6.69. The number of carbonyl (C=O) groups excluding carboxylic acids is 1. The zero-order valence-electron chi connectivity index (χ0n) is 16.6. The number of carbonyl (C=O) groups is 1. The molecule has 0 radical (unpaired) electrons. The van der Waals surface area contributed by atoms with Crippen molar-refractivity contribution in [2.45, 2.75) is 13.5 Å². The number of nitrogens with one attached hydrogen (secondary N) is 1. The van der Waals surface area contributed by atoms with E-state index in [1.165, 1.54) is 0 Å². The quantitative estimate of drug-likeness (QED) is 0.525. The van der Waals surface area contributed by atoms with Gasteiger partial charge in [0.2, 0.25) is 17.7 Å². The summed E-state index contributed by atoms with van der Waals surface area (Å²) < 4.78 is 10.9. The molecule has 7 nitrogen and oxygen atoms in total. The van der Waals surface area contributed by atoms with E-state index in [0.717, 1.165) is 22.3 Å². The Hall–Kier alpha value is -4.00. The van der Waals surface area contributed by atoms with E-state index < -0.39 is 0 Å². The van der Waals surface area contributed by atoms with Crippen LogP contribution in [0.15, 0.2) is 71.3 Å². The van der Waals surface area contributed by atoms with Gasteiger partial charge in [-0.3, -0.25) is 4.79 Å². The number of ether oxygens (including phenoxy) is 1. The molecule has 150 valence electrons. The molecule has 0 spiro atoms. The molecule has 4 rings (SSSR count). The highest BCUT2D eigenvalue weighted by atomic mass is 16.5. The molecule has 7 heteroatoms. The Morgan fingerprint density at radius 3 is 2.57 bits per heavy atom. The third-order valence-electron chi connectivity index (χ3n) is 4.66. The minimum Gasteiger partial charge on any atom is -0.481 e. The molecule has 0 saturated heterocycles. The van der Waals surface area contributed by atoms with Crippen LogP contribution < -0.4 is 10.1 Å². The van der Waals surface area contributed by atoms with Gasteiger partial charge in [0.05, 0.1) is 7.11 Å². The molecule has 0 saturated carbocycles. The molecule has 0 unspecified atom stereocenters. The molecule has 0 aliphatic heterocycles. The van der Waals surface area contributed by atoms with Crippen LogP contribution in [0.25, 0.3) is 22.9 Å². The van der Waals surface area contributed by atoms with Crippen molar-refractivity contribution in [3.05, 3.63) is 83.6 Å². The molecule has 0 aliphatic carbocycles. The SMILES string of the molecule is COc1cc(CNC(=O)c2ccc(-c3nnc(-c4ccccc4C)o3)cc2)ccn1. The summed E-state index contributed by atoms with van der Waals surface area (Å²) in [5, 5.41) is 11.2. The number of methoxy groups -OCH3 is 1. The Balaban J connectivity index is 1.44. The van der Waals surface area contributed by atoms with Crippen LogP contribution in [0.4, 0.5) is 0 Å². The first-order valence-electron chi connectivity index (χ1n) is 9.41. The van der Waals surface area contributed by atoms with Gasteiger partial charge in [0, 0.05) is 35.5 Å². The monoisotopic (exact) mass is 400 g/mol. The minimum absolute atomic E-state index is 0.177. The van der Waals surface area contributed by atoms with Gasteiger partial charge in [-0.2, -0.15) is 0 Å². The van der Waals surface area contributed by atoms with E-state index in [-0.39, 0.29) is 5.91 Å². The summed E-state index contributed by atoms with van der Waals surface area (Å²) in [7, 11) is 1.56. The maximum Gasteiger partial charge on any atom is 0.251 e. The lowest BCUT2D eigenvalue weighted by Gasteiger charge is -2.07. The molecule has 2 aromatic carbocycles. The number of aryl methyl sites for hydroxylation is 1. The molecule has 0 atom stereocenters. The van der Waals surface area contributed by atoms with Crippen molar-refractivity contribution >= 4 is 5.91 Å². The van der Waals surface area contributed by atoms with Crippen LogP contribution in [0, 0.1) is 6.92 Å². The van der Waals surface area contributed by atoms with Crippen molar-refractivity contribution in [2.24, 2.45) is 0 Å². The van der Waals surface area contributed by atoms with Crippen LogP contribution in [0.5, 0.6) is 5.88 Å². The number of amides is 1. The van der Waals surface area contributed by atoms with E-state index in [1.807, 2.05) is 37.3 Å². The topological polar surface area (TPSA) is 90.1 Å². The van der Waals surface area contributed by atoms with Crippen molar-refractivity contribution in [3.63, 3.8) is 0 Å². The second-order valence-corrected chi connectivity index (χ2v) is 6.69. The third kappa shape index (κ3) is 4.20. The molecular formula is C23H20N4O3. The fourth-order valence-electron chi connectivity index (χ4n) is 2.98. The first-order valence-corrected chi connectivity index (χ1v) is 9.41. The van der Waals surface area contributed by atoms with Gasteiger partial charge in [-0.25, -0.2) is 4.98 Å². The highest BCUT2D eigenvalue weighted by Crippen LogP contribution is 2.26. The van der Waals surface area contributed by atoms with E-state index >= 15 is 0 Å². The van der Waals surface area contributed by atoms with Crippen LogP contribution in [-0.2, 0) is 6.54 Å². The van der Waals surface area contributed by atoms with Crippen molar-refractivity contribution < 1.29 is 13.9 Å². The van der Waals surface area contributed by atoms with E-state index in [1.54, 1.807) is 43.6 Å². The van der Waals surface area contributed by atoms with Crippen LogP contribution in [0.1, 0.15) is 21.5 Å². The zero-order valence-corrected chi connectivity index (χ0v) is 16.6. The molecule has 30 heavy (non-hydrogen) atoms. The Kier molecular flexibility index (Phi) is 5.52. The molecule has 0 aliphatic rings. The van der Waals surface area contributed by atoms with Gasteiger partial charge < -0.3 is 14.5 Å². The number of pyridine rings is 1. The third-order valence-corrected chi connectivity index (χ3v) is 4.66. The maximum atomic E-state index is 12.4. The number of hydrogen-bond donors (Lipinski definition) is 1. The largest absolute Gasteiger partial charge is 0.481 e. The number of aromatic nitrogens is 3. The van der Waals surface area contributed by atoms with Gasteiger partial charge >= 0.3 is 0 Å². The van der Waals surface area contributed by atoms with Crippen molar-refractivity contribution in [1.29, 1.82) is 0 Å². The number of benzene rings is 2. The lowest BCUT2D eigenvalue weighted by Crippen LogP contribution is -2.22. The average molecular weight is 400 g/mol. The van der Waals surface area contributed by atoms with Crippen molar-refractivity contribution in [2.75, 3.05) is 7.11 Å². The Morgan fingerprint density at radius 1 is 1.03 bits per heavy atom. The lowest BCUT2D eigenvalue weighted by molar-refractivity contribution is 0.0951. The first kappa shape index (κ1) is 19.3. The lowest BCUT2D eigenvalue weighted by atomic mass is 10.1. The Bertz CT molecular complexity index is 1170. The second kappa shape index (κ2) is 8.57. The van der Waals surface area contributed by atoms with Crippen LogP contribution >= 0.6 is 0 Å². The van der Waals surface area contributed by atoms with Crippen LogP contribution in [0.3, 0.4) is 0 Å². The number of rotatable bonds is 6. The van der Waals surface area contributed by atoms with E-state index in [0.29, 0.717) is 29.8 Å². The minimum atomic E-state index is -0.177. The summed E-state index contributed by atoms with van der Waals surface area (Å²) in [5.41, 5.74) is 4.16. The Labute approximate surface area is 173 Å². The standard InChI is InChI=1S/C23H20N4O3/c1-15-5-3-4-6-19(15)23-27-26-22(30-23)18-9-7-17(8-10-18)21(28)25-14-16-11-12-24-20(13-16)29-2/h3-13H,14H2,1-2H3,(H,25,28). The van der Waals surface area contributed by atoms with E-state index in [2.05, 4.69) is 20.5 Å². The number of hydrogen-bond acceptors (Lipinski definition) is 6. The molecule has 2 heterocycles. The summed E-state index contributed by atoms with van der Waals surface area (Å²) >= 11 is 0. The summed E-state index contributed by atoms with van der Waals surface area (Å²) in [4.78, 5) is 16.5. The van der Waals surface area contributed by atoms with E-state index in [4.69, 9.17) is 9.15 Å². The van der Waals surface area contributed by atoms with Crippen LogP contribution in [0.2, 0.25) is 0 Å². The van der Waals surface area contributed by atoms with E-state index in [9.17, 15) is 4.79 Å². The molecule has 1 N–H and O–H groups in total. The van der Waals surface area contributed by atoms with Gasteiger partial charge in [0.25, 0.3) is 5.91 Å². The molecule has 0 fully saturated rings. The summed E-state index contributed by atoms with van der Waals surface area (Å²) in [6, 6.07) is 18.5. The molecule has 0 bridgehead atoms. The summed E-state index contributed by atoms with van der Waals surface area (Å²) in [6.45, 7) is 2.37. The fourth-order valence-corrected chi connectivity index (χ4v) is 2.98. The predicted octanol–water partition coefficient (Wildman–Crippen LogP) is 4.05. The molecule has 4 aromatic rings. The van der Waals surface area contributed by atoms with Gasteiger partial charge in [-0.1, -0.05) is 18.2 Å². The van der Waals surface area contributed by atoms with Gasteiger partial charge in [0.1, 0.15) is 0 Å². The van der Waals surface area contributed by atoms with Crippen LogP contribution in [-0.4, -0.2) is 28.2 Å². The average Bonchev–Trinajstić information content (AvgIpc) is 3.28. The highest BCUT2D eigenvalue weighted by Gasteiger charge is 2.13.